The van der Waals surface area contributed by atoms with Gasteiger partial charge in [-0.05, 0) is 13.3 Å². The van der Waals surface area contributed by atoms with Crippen molar-refractivity contribution in [2.24, 2.45) is 5.92 Å². The summed E-state index contributed by atoms with van der Waals surface area (Å²) in [6.07, 6.45) is 5.50. The molecule has 1 heterocycles. The Balaban J connectivity index is 1.96. The molecule has 6 heteroatoms. The van der Waals surface area contributed by atoms with Crippen molar-refractivity contribution in [2.75, 3.05) is 11.9 Å². The third kappa shape index (κ3) is 2.97. The van der Waals surface area contributed by atoms with Gasteiger partial charge in [0.1, 0.15) is 12.1 Å². The molecule has 0 bridgehead atoms. The topological polar surface area (TPSA) is 84.3 Å². The maximum Gasteiger partial charge on any atom is 0.310 e. The molecule has 1 aromatic rings. The Morgan fingerprint density at radius 2 is 2.39 bits per heavy atom. The second-order valence-corrected chi connectivity index (χ2v) is 3.99. The van der Waals surface area contributed by atoms with Gasteiger partial charge >= 0.3 is 5.97 Å². The zero-order chi connectivity index (χ0) is 13.0. The number of rotatable bonds is 5. The Morgan fingerprint density at radius 1 is 1.56 bits per heavy atom. The highest BCUT2D eigenvalue weighted by Crippen LogP contribution is 2.21. The molecular formula is C12H15N3O3. The van der Waals surface area contributed by atoms with E-state index in [1.807, 2.05) is 13.0 Å². The number of ether oxygens (including phenoxy) is 1. The summed E-state index contributed by atoms with van der Waals surface area (Å²) in [5.41, 5.74) is 0. The summed E-state index contributed by atoms with van der Waals surface area (Å²) in [5, 5.41) is 12.0. The molecule has 1 aliphatic rings. The van der Waals surface area contributed by atoms with Crippen LogP contribution in [0.5, 0.6) is 5.88 Å². The summed E-state index contributed by atoms with van der Waals surface area (Å²) in [6, 6.07) is 1.68. The Kier molecular flexibility index (Phi) is 3.76. The van der Waals surface area contributed by atoms with Gasteiger partial charge in [-0.3, -0.25) is 4.79 Å². The summed E-state index contributed by atoms with van der Waals surface area (Å²) >= 11 is 0. The molecule has 2 N–H and O–H groups in total. The van der Waals surface area contributed by atoms with Gasteiger partial charge in [0.15, 0.2) is 0 Å². The lowest BCUT2D eigenvalue weighted by atomic mass is 10.1. The quantitative estimate of drug-likeness (QED) is 0.765. The largest absolute Gasteiger partial charge is 0.481 e. The number of aromatic nitrogens is 2. The van der Waals surface area contributed by atoms with E-state index in [1.54, 1.807) is 12.1 Å². The Morgan fingerprint density at radius 3 is 3.06 bits per heavy atom. The molecular weight excluding hydrogens is 234 g/mol. The molecule has 0 fully saturated rings. The summed E-state index contributed by atoms with van der Waals surface area (Å²) in [4.78, 5) is 18.8. The Bertz CT molecular complexity index is 462. The molecule has 6 nitrogen and oxygen atoms in total. The molecule has 0 spiro atoms. The number of hydrogen-bond donors (Lipinski definition) is 2. The zero-order valence-corrected chi connectivity index (χ0v) is 10.0. The van der Waals surface area contributed by atoms with Crippen LogP contribution in [0.1, 0.15) is 13.3 Å². The van der Waals surface area contributed by atoms with Crippen LogP contribution < -0.4 is 10.1 Å². The number of anilines is 1. The van der Waals surface area contributed by atoms with Crippen LogP contribution in [0.4, 0.5) is 5.82 Å². The normalized spacial score (nSPS) is 21.8. The standard InChI is InChI=1S/C12H15N3O3/c1-2-18-11-6-10(13-7-14-11)15-9-4-3-8(5-9)12(16)17/h3-4,6-9H,2,5H2,1H3,(H,16,17)(H,13,14,15). The Hall–Kier alpha value is -2.11. The highest BCUT2D eigenvalue weighted by molar-refractivity contribution is 5.73. The molecule has 0 aromatic carbocycles. The van der Waals surface area contributed by atoms with Gasteiger partial charge in [-0.1, -0.05) is 12.2 Å². The summed E-state index contributed by atoms with van der Waals surface area (Å²) in [5.74, 6) is -0.0788. The average molecular weight is 249 g/mol. The molecule has 0 aliphatic heterocycles. The first-order valence-corrected chi connectivity index (χ1v) is 5.81. The molecule has 0 radical (unpaired) electrons. The highest BCUT2D eigenvalue weighted by Gasteiger charge is 2.24. The van der Waals surface area contributed by atoms with Crippen molar-refractivity contribution >= 4 is 11.8 Å². The van der Waals surface area contributed by atoms with E-state index in [9.17, 15) is 4.79 Å². The monoisotopic (exact) mass is 249 g/mol. The van der Waals surface area contributed by atoms with Crippen molar-refractivity contribution in [2.45, 2.75) is 19.4 Å². The fourth-order valence-electron chi connectivity index (χ4n) is 1.82. The zero-order valence-electron chi connectivity index (χ0n) is 10.0. The second kappa shape index (κ2) is 5.48. The first kappa shape index (κ1) is 12.3. The van der Waals surface area contributed by atoms with Crippen molar-refractivity contribution in [1.82, 2.24) is 9.97 Å². The number of nitrogens with zero attached hydrogens (tertiary/aromatic N) is 2. The number of hydrogen-bond acceptors (Lipinski definition) is 5. The maximum atomic E-state index is 10.8. The molecule has 2 rings (SSSR count). The van der Waals surface area contributed by atoms with Gasteiger partial charge in [0.25, 0.3) is 0 Å². The van der Waals surface area contributed by atoms with E-state index in [0.717, 1.165) is 0 Å². The van der Waals surface area contributed by atoms with Crippen molar-refractivity contribution in [3.63, 3.8) is 0 Å². The van der Waals surface area contributed by atoms with Crippen LogP contribution in [0, 0.1) is 5.92 Å². The van der Waals surface area contributed by atoms with Crippen molar-refractivity contribution in [3.8, 4) is 5.88 Å². The smallest absolute Gasteiger partial charge is 0.310 e. The number of aliphatic carboxylic acids is 1. The van der Waals surface area contributed by atoms with Crippen molar-refractivity contribution in [3.05, 3.63) is 24.5 Å². The second-order valence-electron chi connectivity index (χ2n) is 3.99. The van der Waals surface area contributed by atoms with Crippen molar-refractivity contribution < 1.29 is 14.6 Å². The van der Waals surface area contributed by atoms with Crippen LogP contribution in [0.25, 0.3) is 0 Å². The Labute approximate surface area is 105 Å². The van der Waals surface area contributed by atoms with E-state index in [0.29, 0.717) is 24.7 Å². The van der Waals surface area contributed by atoms with E-state index in [4.69, 9.17) is 9.84 Å². The van der Waals surface area contributed by atoms with Gasteiger partial charge < -0.3 is 15.2 Å². The van der Waals surface area contributed by atoms with E-state index in [1.165, 1.54) is 6.33 Å². The lowest BCUT2D eigenvalue weighted by Crippen LogP contribution is -2.19. The molecule has 0 amide bonds. The minimum absolute atomic E-state index is 0.0181. The number of carboxylic acids is 1. The van der Waals surface area contributed by atoms with Crippen LogP contribution >= 0.6 is 0 Å². The summed E-state index contributed by atoms with van der Waals surface area (Å²) < 4.78 is 5.27. The van der Waals surface area contributed by atoms with E-state index < -0.39 is 11.9 Å². The van der Waals surface area contributed by atoms with Crippen molar-refractivity contribution in [1.29, 1.82) is 0 Å². The van der Waals surface area contributed by atoms with Crippen LogP contribution in [0.2, 0.25) is 0 Å². The number of carbonyl (C=O) groups is 1. The lowest BCUT2D eigenvalue weighted by Gasteiger charge is -2.13. The number of nitrogens with one attached hydrogen (secondary N) is 1. The fraction of sp³-hybridized carbons (Fsp3) is 0.417. The molecule has 1 aromatic heterocycles. The van der Waals surface area contributed by atoms with E-state index in [-0.39, 0.29) is 6.04 Å². The van der Waals surface area contributed by atoms with Gasteiger partial charge in [-0.15, -0.1) is 0 Å². The predicted molar refractivity (Wildman–Crippen MR) is 65.5 cm³/mol. The van der Waals surface area contributed by atoms with Crippen LogP contribution in [0.15, 0.2) is 24.5 Å². The third-order valence-corrected chi connectivity index (χ3v) is 2.67. The first-order valence-electron chi connectivity index (χ1n) is 5.81. The number of carboxylic acid groups (broad SMARTS) is 1. The minimum Gasteiger partial charge on any atom is -0.481 e. The van der Waals surface area contributed by atoms with Crippen LogP contribution in [-0.2, 0) is 4.79 Å². The van der Waals surface area contributed by atoms with Gasteiger partial charge in [-0.25, -0.2) is 9.97 Å². The predicted octanol–water partition coefficient (Wildman–Crippen LogP) is 1.32. The van der Waals surface area contributed by atoms with Gasteiger partial charge in [0, 0.05) is 12.1 Å². The van der Waals surface area contributed by atoms with Gasteiger partial charge in [0.05, 0.1) is 12.5 Å². The van der Waals surface area contributed by atoms with Crippen LogP contribution in [0.3, 0.4) is 0 Å². The van der Waals surface area contributed by atoms with E-state index in [2.05, 4.69) is 15.3 Å². The maximum absolute atomic E-state index is 10.8. The van der Waals surface area contributed by atoms with Crippen LogP contribution in [-0.4, -0.2) is 33.7 Å². The molecule has 2 atom stereocenters. The third-order valence-electron chi connectivity index (χ3n) is 2.67. The molecule has 2 unspecified atom stereocenters. The summed E-state index contributed by atoms with van der Waals surface area (Å²) in [6.45, 7) is 2.42. The molecule has 1 aliphatic carbocycles. The fourth-order valence-corrected chi connectivity index (χ4v) is 1.82. The molecule has 0 saturated carbocycles. The summed E-state index contributed by atoms with van der Waals surface area (Å²) in [7, 11) is 0. The van der Waals surface area contributed by atoms with Gasteiger partial charge in [0.2, 0.25) is 5.88 Å². The van der Waals surface area contributed by atoms with E-state index >= 15 is 0 Å². The average Bonchev–Trinajstić information content (AvgIpc) is 2.78. The molecule has 0 saturated heterocycles. The SMILES string of the molecule is CCOc1cc(NC2C=CC(C(=O)O)C2)ncn1. The first-order chi connectivity index (χ1) is 8.69. The van der Waals surface area contributed by atoms with Gasteiger partial charge in [-0.2, -0.15) is 0 Å². The highest BCUT2D eigenvalue weighted by atomic mass is 16.5. The molecule has 18 heavy (non-hydrogen) atoms. The molecule has 96 valence electrons. The minimum atomic E-state index is -0.798. The lowest BCUT2D eigenvalue weighted by molar-refractivity contribution is -0.140.